The van der Waals surface area contributed by atoms with Gasteiger partial charge in [-0.1, -0.05) is 32.3 Å². The van der Waals surface area contributed by atoms with Gasteiger partial charge in [-0.3, -0.25) is 0 Å². The average molecular weight is 139 g/mol. The third kappa shape index (κ3) is 4.46. The summed E-state index contributed by atoms with van der Waals surface area (Å²) in [5.74, 6) is 0. The van der Waals surface area contributed by atoms with Crippen molar-refractivity contribution in [1.29, 1.82) is 0 Å². The van der Waals surface area contributed by atoms with E-state index < -0.39 is 0 Å². The Kier molecular flexibility index (Phi) is 6.05. The van der Waals surface area contributed by atoms with E-state index in [1.807, 2.05) is 0 Å². The van der Waals surface area contributed by atoms with Gasteiger partial charge in [-0.15, -0.1) is 5.70 Å². The highest BCUT2D eigenvalue weighted by Gasteiger charge is 1.90. The first-order valence-corrected chi connectivity index (χ1v) is 4.28. The summed E-state index contributed by atoms with van der Waals surface area (Å²) in [4.78, 5) is 0. The standard InChI is InChI=1S/C8H15Si/c1-3-5-8(7-9)6-4-2/h7H,3-6H2,1-2H3. The molecule has 0 aromatic carbocycles. The van der Waals surface area contributed by atoms with E-state index in [1.54, 1.807) is 0 Å². The molecule has 0 aliphatic carbocycles. The van der Waals surface area contributed by atoms with E-state index in [0.29, 0.717) is 0 Å². The molecule has 1 heteroatoms. The van der Waals surface area contributed by atoms with Crippen molar-refractivity contribution in [2.45, 2.75) is 39.5 Å². The summed E-state index contributed by atoms with van der Waals surface area (Å²) < 4.78 is 0. The van der Waals surface area contributed by atoms with Crippen LogP contribution in [0.2, 0.25) is 0 Å². The highest BCUT2D eigenvalue weighted by Crippen LogP contribution is 2.09. The zero-order valence-electron chi connectivity index (χ0n) is 6.41. The molecule has 0 bridgehead atoms. The second-order valence-electron chi connectivity index (χ2n) is 2.30. The van der Waals surface area contributed by atoms with Crippen LogP contribution >= 0.6 is 0 Å². The lowest BCUT2D eigenvalue weighted by Crippen LogP contribution is -1.81. The zero-order chi connectivity index (χ0) is 7.11. The lowest BCUT2D eigenvalue weighted by molar-refractivity contribution is 0.806. The molecular weight excluding hydrogens is 124 g/mol. The minimum absolute atomic E-state index is 1.25. The molecule has 0 rings (SSSR count). The molecule has 3 radical (unpaired) electrons. The van der Waals surface area contributed by atoms with Gasteiger partial charge in [0.2, 0.25) is 0 Å². The fraction of sp³-hybridized carbons (Fsp3) is 0.750. The molecule has 0 spiro atoms. The highest BCUT2D eigenvalue weighted by molar-refractivity contribution is 6.17. The number of hydrogen-bond acceptors (Lipinski definition) is 0. The Morgan fingerprint density at radius 2 is 1.67 bits per heavy atom. The highest BCUT2D eigenvalue weighted by atomic mass is 28.1. The van der Waals surface area contributed by atoms with Crippen molar-refractivity contribution in [1.82, 2.24) is 0 Å². The largest absolute Gasteiger partial charge is 0.103 e. The van der Waals surface area contributed by atoms with Gasteiger partial charge < -0.3 is 0 Å². The van der Waals surface area contributed by atoms with E-state index in [0.717, 1.165) is 0 Å². The first kappa shape index (κ1) is 8.96. The van der Waals surface area contributed by atoms with Crippen molar-refractivity contribution in [2.24, 2.45) is 0 Å². The monoisotopic (exact) mass is 139 g/mol. The van der Waals surface area contributed by atoms with E-state index in [1.165, 1.54) is 31.3 Å². The molecule has 9 heavy (non-hydrogen) atoms. The fourth-order valence-electron chi connectivity index (χ4n) is 0.912. The molecule has 0 atom stereocenters. The number of allylic oxidation sites excluding steroid dienone is 1. The molecule has 0 nitrogen and oxygen atoms in total. The molecule has 0 aromatic rings. The van der Waals surface area contributed by atoms with Gasteiger partial charge in [0.15, 0.2) is 0 Å². The minimum atomic E-state index is 1.25. The maximum atomic E-state index is 3.40. The van der Waals surface area contributed by atoms with Crippen LogP contribution < -0.4 is 0 Å². The summed E-state index contributed by atoms with van der Waals surface area (Å²) in [7, 11) is 3.40. The van der Waals surface area contributed by atoms with E-state index in [-0.39, 0.29) is 0 Å². The fourth-order valence-corrected chi connectivity index (χ4v) is 1.20. The quantitative estimate of drug-likeness (QED) is 0.525. The molecule has 0 aliphatic rings. The molecule has 0 saturated carbocycles. The molecular formula is C8H15Si. The zero-order valence-corrected chi connectivity index (χ0v) is 7.41. The van der Waals surface area contributed by atoms with Crippen LogP contribution in [0.3, 0.4) is 0 Å². The summed E-state index contributed by atoms with van der Waals surface area (Å²) in [6.45, 7) is 4.43. The van der Waals surface area contributed by atoms with Gasteiger partial charge in [0, 0.05) is 0 Å². The van der Waals surface area contributed by atoms with E-state index >= 15 is 0 Å². The predicted molar refractivity (Wildman–Crippen MR) is 43.7 cm³/mol. The Morgan fingerprint density at radius 1 is 1.22 bits per heavy atom. The van der Waals surface area contributed by atoms with Crippen LogP contribution in [0.1, 0.15) is 39.5 Å². The normalized spacial score (nSPS) is 9.22. The van der Waals surface area contributed by atoms with Crippen LogP contribution in [-0.4, -0.2) is 10.2 Å². The van der Waals surface area contributed by atoms with E-state index in [9.17, 15) is 0 Å². The lowest BCUT2D eigenvalue weighted by Gasteiger charge is -2.00. The second kappa shape index (κ2) is 6.08. The van der Waals surface area contributed by atoms with Gasteiger partial charge in [0.25, 0.3) is 0 Å². The van der Waals surface area contributed by atoms with Crippen LogP contribution in [-0.2, 0) is 0 Å². The maximum Gasteiger partial charge on any atom is 0.0600 e. The third-order valence-electron chi connectivity index (χ3n) is 1.35. The number of hydrogen-bond donors (Lipinski definition) is 0. The molecule has 0 N–H and O–H groups in total. The maximum absolute atomic E-state index is 3.40. The Hall–Kier alpha value is -0.0431. The first-order valence-electron chi connectivity index (χ1n) is 3.70. The summed E-state index contributed by atoms with van der Waals surface area (Å²) in [6, 6.07) is 0. The van der Waals surface area contributed by atoms with Crippen LogP contribution in [0.5, 0.6) is 0 Å². The lowest BCUT2D eigenvalue weighted by atomic mass is 10.1. The summed E-state index contributed by atoms with van der Waals surface area (Å²) in [6.07, 6.45) is 5.02. The van der Waals surface area contributed by atoms with Crippen LogP contribution in [0.25, 0.3) is 0 Å². The van der Waals surface area contributed by atoms with Crippen molar-refractivity contribution in [3.05, 3.63) is 11.3 Å². The van der Waals surface area contributed by atoms with Gasteiger partial charge in [-0.25, -0.2) is 0 Å². The van der Waals surface area contributed by atoms with Crippen molar-refractivity contribution < 1.29 is 0 Å². The molecule has 51 valence electrons. The summed E-state index contributed by atoms with van der Waals surface area (Å²) in [5, 5.41) is 0. The molecule has 0 aromatic heterocycles. The molecule has 0 heterocycles. The smallest absolute Gasteiger partial charge is 0.0600 e. The SMILES string of the molecule is CCCC(=C[Si])CCC. The van der Waals surface area contributed by atoms with Crippen molar-refractivity contribution in [3.63, 3.8) is 0 Å². The Morgan fingerprint density at radius 3 is 1.89 bits per heavy atom. The van der Waals surface area contributed by atoms with Crippen molar-refractivity contribution in [3.8, 4) is 0 Å². The molecule has 0 aliphatic heterocycles. The van der Waals surface area contributed by atoms with Gasteiger partial charge in [-0.2, -0.15) is 0 Å². The van der Waals surface area contributed by atoms with Gasteiger partial charge >= 0.3 is 0 Å². The molecule has 0 saturated heterocycles. The Bertz CT molecular complexity index is 76.6. The first-order chi connectivity index (χ1) is 4.35. The summed E-state index contributed by atoms with van der Waals surface area (Å²) >= 11 is 0. The minimum Gasteiger partial charge on any atom is -0.103 e. The van der Waals surface area contributed by atoms with Gasteiger partial charge in [0.1, 0.15) is 0 Å². The predicted octanol–water partition coefficient (Wildman–Crippen LogP) is 2.64. The average Bonchev–Trinajstić information content (AvgIpc) is 1.88. The molecule has 0 unspecified atom stereocenters. The van der Waals surface area contributed by atoms with Gasteiger partial charge in [-0.05, 0) is 12.8 Å². The Labute approximate surface area is 61.8 Å². The van der Waals surface area contributed by atoms with Crippen LogP contribution in [0, 0.1) is 0 Å². The van der Waals surface area contributed by atoms with Crippen molar-refractivity contribution >= 4 is 10.2 Å². The topological polar surface area (TPSA) is 0 Å². The number of rotatable bonds is 4. The van der Waals surface area contributed by atoms with Crippen LogP contribution in [0.4, 0.5) is 0 Å². The third-order valence-corrected chi connectivity index (χ3v) is 1.75. The van der Waals surface area contributed by atoms with Crippen LogP contribution in [0.15, 0.2) is 11.3 Å². The van der Waals surface area contributed by atoms with E-state index in [4.69, 9.17) is 0 Å². The second-order valence-corrected chi connectivity index (χ2v) is 2.59. The van der Waals surface area contributed by atoms with Gasteiger partial charge in [0.05, 0.1) is 10.2 Å². The van der Waals surface area contributed by atoms with E-state index in [2.05, 4.69) is 29.8 Å². The molecule has 0 fully saturated rings. The molecule has 0 amide bonds. The van der Waals surface area contributed by atoms with Crippen molar-refractivity contribution in [2.75, 3.05) is 0 Å². The summed E-state index contributed by atoms with van der Waals surface area (Å²) in [5.41, 5.74) is 3.60. The Balaban J connectivity index is 3.43.